The minimum atomic E-state index is 0.529. The van der Waals surface area contributed by atoms with Crippen LogP contribution in [0.25, 0.3) is 0 Å². The summed E-state index contributed by atoms with van der Waals surface area (Å²) in [5, 5.41) is 7.12. The molecule has 0 saturated heterocycles. The molecule has 0 atom stereocenters. The molecule has 1 aromatic heterocycles. The molecule has 0 aliphatic heterocycles. The Morgan fingerprint density at radius 3 is 2.78 bits per heavy atom. The lowest BCUT2D eigenvalue weighted by Gasteiger charge is -2.12. The molecule has 122 valence electrons. The van der Waals surface area contributed by atoms with E-state index in [2.05, 4.69) is 20.6 Å². The smallest absolute Gasteiger partial charge is 0.191 e. The Morgan fingerprint density at radius 2 is 2.04 bits per heavy atom. The number of ether oxygens (including phenoxy) is 1. The Bertz CT molecular complexity index is 619. The molecule has 6 heteroatoms. The van der Waals surface area contributed by atoms with Gasteiger partial charge in [0.2, 0.25) is 0 Å². The lowest BCUT2D eigenvalue weighted by Crippen LogP contribution is -2.40. The molecule has 0 spiro atoms. The van der Waals surface area contributed by atoms with Crippen molar-refractivity contribution in [3.05, 3.63) is 59.4 Å². The van der Waals surface area contributed by atoms with Gasteiger partial charge in [0.25, 0.3) is 0 Å². The lowest BCUT2D eigenvalue weighted by molar-refractivity contribution is 0.322. The average molecular weight is 333 g/mol. The Kier molecular flexibility index (Phi) is 7.20. The summed E-state index contributed by atoms with van der Waals surface area (Å²) in [5.41, 5.74) is 1.06. The van der Waals surface area contributed by atoms with Crippen LogP contribution in [0.2, 0.25) is 5.02 Å². The summed E-state index contributed by atoms with van der Waals surface area (Å²) in [7, 11) is 1.74. The van der Waals surface area contributed by atoms with Crippen molar-refractivity contribution in [2.45, 2.75) is 6.42 Å². The first kappa shape index (κ1) is 17.1. The van der Waals surface area contributed by atoms with Gasteiger partial charge in [0.1, 0.15) is 12.4 Å². The second kappa shape index (κ2) is 9.69. The monoisotopic (exact) mass is 332 g/mol. The van der Waals surface area contributed by atoms with Crippen LogP contribution in [-0.2, 0) is 6.42 Å². The topological polar surface area (TPSA) is 58.5 Å². The van der Waals surface area contributed by atoms with E-state index >= 15 is 0 Å². The molecule has 0 aliphatic rings. The van der Waals surface area contributed by atoms with Crippen molar-refractivity contribution in [1.29, 1.82) is 0 Å². The molecule has 5 nitrogen and oxygen atoms in total. The highest BCUT2D eigenvalue weighted by Crippen LogP contribution is 2.16. The molecule has 0 radical (unpaired) electrons. The van der Waals surface area contributed by atoms with Gasteiger partial charge in [-0.1, -0.05) is 23.7 Å². The van der Waals surface area contributed by atoms with E-state index in [1.165, 1.54) is 0 Å². The minimum absolute atomic E-state index is 0.529. The molecular formula is C17H21ClN4O. The Balaban J connectivity index is 1.63. The third-order valence-corrected chi connectivity index (χ3v) is 3.32. The van der Waals surface area contributed by atoms with Gasteiger partial charge in [-0.2, -0.15) is 0 Å². The number of guanidine groups is 1. The molecule has 23 heavy (non-hydrogen) atoms. The molecule has 0 fully saturated rings. The van der Waals surface area contributed by atoms with E-state index < -0.39 is 0 Å². The molecule has 2 aromatic rings. The highest BCUT2D eigenvalue weighted by Gasteiger charge is 1.99. The quantitative estimate of drug-likeness (QED) is 0.465. The van der Waals surface area contributed by atoms with Crippen molar-refractivity contribution in [2.24, 2.45) is 4.99 Å². The largest absolute Gasteiger partial charge is 0.492 e. The first-order chi connectivity index (χ1) is 11.3. The number of hydrogen-bond acceptors (Lipinski definition) is 3. The van der Waals surface area contributed by atoms with E-state index in [1.54, 1.807) is 19.3 Å². The van der Waals surface area contributed by atoms with Crippen molar-refractivity contribution in [2.75, 3.05) is 26.7 Å². The Hall–Kier alpha value is -2.27. The number of aliphatic imine (C=N–C) groups is 1. The van der Waals surface area contributed by atoms with Crippen molar-refractivity contribution < 1.29 is 4.74 Å². The molecule has 1 aromatic carbocycles. The second-order valence-electron chi connectivity index (χ2n) is 4.80. The van der Waals surface area contributed by atoms with Crippen LogP contribution in [0, 0.1) is 0 Å². The zero-order chi connectivity index (χ0) is 16.3. The van der Waals surface area contributed by atoms with Crippen LogP contribution in [0.15, 0.2) is 53.7 Å². The zero-order valence-electron chi connectivity index (χ0n) is 13.1. The van der Waals surface area contributed by atoms with E-state index in [-0.39, 0.29) is 0 Å². The summed E-state index contributed by atoms with van der Waals surface area (Å²) in [4.78, 5) is 8.46. The summed E-state index contributed by atoms with van der Waals surface area (Å²) in [5.74, 6) is 1.51. The molecule has 2 rings (SSSR count). The van der Waals surface area contributed by atoms with Crippen molar-refractivity contribution in [3.8, 4) is 5.75 Å². The number of nitrogens with one attached hydrogen (secondary N) is 2. The standard InChI is InChI=1S/C17H21ClN4O/c1-19-17(21-10-8-15-6-2-3-9-20-15)22-11-12-23-16-7-4-5-14(18)13-16/h2-7,9,13H,8,10-12H2,1H3,(H2,19,21,22). The number of nitrogens with zero attached hydrogens (tertiary/aromatic N) is 2. The number of aromatic nitrogens is 1. The highest BCUT2D eigenvalue weighted by atomic mass is 35.5. The summed E-state index contributed by atoms with van der Waals surface area (Å²) < 4.78 is 5.62. The number of benzene rings is 1. The maximum Gasteiger partial charge on any atom is 0.191 e. The summed E-state index contributed by atoms with van der Waals surface area (Å²) in [6.07, 6.45) is 2.65. The van der Waals surface area contributed by atoms with E-state index in [0.29, 0.717) is 18.2 Å². The van der Waals surface area contributed by atoms with Crippen LogP contribution in [0.4, 0.5) is 0 Å². The number of halogens is 1. The molecular weight excluding hydrogens is 312 g/mol. The van der Waals surface area contributed by atoms with Gasteiger partial charge in [-0.05, 0) is 30.3 Å². The maximum absolute atomic E-state index is 5.91. The summed E-state index contributed by atoms with van der Waals surface area (Å²) >= 11 is 5.91. The predicted octanol–water partition coefficient (Wildman–Crippen LogP) is 2.52. The molecule has 1 heterocycles. The molecule has 0 amide bonds. The van der Waals surface area contributed by atoms with Gasteiger partial charge in [-0.15, -0.1) is 0 Å². The summed E-state index contributed by atoms with van der Waals surface area (Å²) in [6, 6.07) is 13.3. The van der Waals surface area contributed by atoms with Gasteiger partial charge in [0.05, 0.1) is 6.54 Å². The number of pyridine rings is 1. The molecule has 0 aliphatic carbocycles. The van der Waals surface area contributed by atoms with E-state index in [9.17, 15) is 0 Å². The molecule has 0 saturated carbocycles. The summed E-state index contributed by atoms with van der Waals surface area (Å²) in [6.45, 7) is 1.95. The van der Waals surface area contributed by atoms with Gasteiger partial charge < -0.3 is 15.4 Å². The van der Waals surface area contributed by atoms with Crippen LogP contribution in [0.1, 0.15) is 5.69 Å². The van der Waals surface area contributed by atoms with E-state index in [0.717, 1.165) is 30.4 Å². The minimum Gasteiger partial charge on any atom is -0.492 e. The SMILES string of the molecule is CN=C(NCCOc1cccc(Cl)c1)NCCc1ccccn1. The van der Waals surface area contributed by atoms with Gasteiger partial charge in [-0.3, -0.25) is 9.98 Å². The Morgan fingerprint density at radius 1 is 1.17 bits per heavy atom. The fourth-order valence-corrected chi connectivity index (χ4v) is 2.15. The van der Waals surface area contributed by atoms with E-state index in [1.807, 2.05) is 36.4 Å². The average Bonchev–Trinajstić information content (AvgIpc) is 2.58. The van der Waals surface area contributed by atoms with Crippen LogP contribution in [0.5, 0.6) is 5.75 Å². The number of rotatable bonds is 7. The predicted molar refractivity (Wildman–Crippen MR) is 94.3 cm³/mol. The van der Waals surface area contributed by atoms with Crippen LogP contribution < -0.4 is 15.4 Å². The zero-order valence-corrected chi connectivity index (χ0v) is 13.9. The third-order valence-electron chi connectivity index (χ3n) is 3.08. The fraction of sp³-hybridized carbons (Fsp3) is 0.294. The van der Waals surface area contributed by atoms with Gasteiger partial charge >= 0.3 is 0 Å². The molecule has 2 N–H and O–H groups in total. The maximum atomic E-state index is 5.91. The van der Waals surface area contributed by atoms with Gasteiger partial charge in [0, 0.05) is 36.9 Å². The van der Waals surface area contributed by atoms with Crippen LogP contribution >= 0.6 is 11.6 Å². The first-order valence-electron chi connectivity index (χ1n) is 7.51. The van der Waals surface area contributed by atoms with Crippen LogP contribution in [-0.4, -0.2) is 37.7 Å². The van der Waals surface area contributed by atoms with Crippen molar-refractivity contribution in [3.63, 3.8) is 0 Å². The van der Waals surface area contributed by atoms with E-state index in [4.69, 9.17) is 16.3 Å². The van der Waals surface area contributed by atoms with Crippen molar-refractivity contribution in [1.82, 2.24) is 15.6 Å². The fourth-order valence-electron chi connectivity index (χ4n) is 1.97. The van der Waals surface area contributed by atoms with Gasteiger partial charge in [0.15, 0.2) is 5.96 Å². The Labute approximate surface area is 141 Å². The second-order valence-corrected chi connectivity index (χ2v) is 5.24. The van der Waals surface area contributed by atoms with Crippen LogP contribution in [0.3, 0.4) is 0 Å². The normalized spacial score (nSPS) is 11.1. The third kappa shape index (κ3) is 6.57. The van der Waals surface area contributed by atoms with Crippen molar-refractivity contribution >= 4 is 17.6 Å². The first-order valence-corrected chi connectivity index (χ1v) is 7.88. The molecule has 0 unspecified atom stereocenters. The highest BCUT2D eigenvalue weighted by molar-refractivity contribution is 6.30. The lowest BCUT2D eigenvalue weighted by atomic mass is 10.3. The molecule has 0 bridgehead atoms. The number of hydrogen-bond donors (Lipinski definition) is 2. The van der Waals surface area contributed by atoms with Gasteiger partial charge in [-0.25, -0.2) is 0 Å².